The largest absolute Gasteiger partial charge is 0.478 e. The Hall–Kier alpha value is -1.10. The van der Waals surface area contributed by atoms with Crippen molar-refractivity contribution in [1.82, 2.24) is 9.97 Å². The van der Waals surface area contributed by atoms with E-state index >= 15 is 0 Å². The third-order valence-electron chi connectivity index (χ3n) is 2.96. The Morgan fingerprint density at radius 2 is 1.94 bits per heavy atom. The molecular formula is C12H16N2O2S. The van der Waals surface area contributed by atoms with Crippen LogP contribution < -0.4 is 0 Å². The van der Waals surface area contributed by atoms with Crippen LogP contribution in [0.3, 0.4) is 0 Å². The summed E-state index contributed by atoms with van der Waals surface area (Å²) in [7, 11) is 0. The van der Waals surface area contributed by atoms with Gasteiger partial charge in [-0.25, -0.2) is 14.8 Å². The zero-order valence-corrected chi connectivity index (χ0v) is 10.9. The predicted octanol–water partition coefficient (Wildman–Crippen LogP) is 2.83. The number of hydrogen-bond donors (Lipinski definition) is 1. The summed E-state index contributed by atoms with van der Waals surface area (Å²) in [6, 6.07) is 0. The first kappa shape index (κ1) is 12.4. The maximum Gasteiger partial charge on any atom is 0.340 e. The van der Waals surface area contributed by atoms with Crippen LogP contribution in [0.15, 0.2) is 5.03 Å². The molecule has 92 valence electrons. The smallest absolute Gasteiger partial charge is 0.340 e. The zero-order chi connectivity index (χ0) is 12.4. The van der Waals surface area contributed by atoms with E-state index in [9.17, 15) is 9.90 Å². The van der Waals surface area contributed by atoms with Crippen molar-refractivity contribution in [2.75, 3.05) is 0 Å². The van der Waals surface area contributed by atoms with E-state index < -0.39 is 5.97 Å². The Bertz CT molecular complexity index is 442. The van der Waals surface area contributed by atoms with E-state index in [2.05, 4.69) is 9.97 Å². The molecule has 1 fully saturated rings. The average Bonchev–Trinajstić information content (AvgIpc) is 2.68. The molecule has 1 saturated carbocycles. The van der Waals surface area contributed by atoms with Crippen molar-refractivity contribution in [2.24, 2.45) is 0 Å². The standard InChI is InChI=1S/C12H16N2O2S/c1-7-10(12(15)16)11(14-8(2)13-7)17-9-5-3-4-6-9/h9H,3-6H2,1-2H3,(H,15,16). The highest BCUT2D eigenvalue weighted by atomic mass is 32.2. The Labute approximate surface area is 105 Å². The number of carbonyl (C=O) groups is 1. The Morgan fingerprint density at radius 3 is 2.53 bits per heavy atom. The average molecular weight is 252 g/mol. The number of carboxylic acid groups (broad SMARTS) is 1. The van der Waals surface area contributed by atoms with Gasteiger partial charge >= 0.3 is 5.97 Å². The van der Waals surface area contributed by atoms with E-state index in [0.717, 1.165) is 12.8 Å². The molecule has 1 aromatic rings. The molecule has 4 nitrogen and oxygen atoms in total. The molecule has 1 aliphatic carbocycles. The molecule has 17 heavy (non-hydrogen) atoms. The number of aromatic carboxylic acids is 1. The molecule has 2 rings (SSSR count). The third-order valence-corrected chi connectivity index (χ3v) is 4.29. The van der Waals surface area contributed by atoms with Crippen LogP contribution in [0.2, 0.25) is 0 Å². The lowest BCUT2D eigenvalue weighted by Crippen LogP contribution is -2.09. The molecule has 0 amide bonds. The second-order valence-electron chi connectivity index (χ2n) is 4.37. The van der Waals surface area contributed by atoms with Crippen molar-refractivity contribution in [2.45, 2.75) is 49.8 Å². The summed E-state index contributed by atoms with van der Waals surface area (Å²) in [5.41, 5.74) is 0.831. The highest BCUT2D eigenvalue weighted by Gasteiger charge is 2.23. The van der Waals surface area contributed by atoms with E-state index in [4.69, 9.17) is 0 Å². The predicted molar refractivity (Wildman–Crippen MR) is 66.6 cm³/mol. The van der Waals surface area contributed by atoms with Crippen LogP contribution in [0.4, 0.5) is 0 Å². The number of rotatable bonds is 3. The highest BCUT2D eigenvalue weighted by Crippen LogP contribution is 2.35. The molecule has 1 aliphatic rings. The van der Waals surface area contributed by atoms with Crippen molar-refractivity contribution in [3.63, 3.8) is 0 Å². The van der Waals surface area contributed by atoms with Gasteiger partial charge in [0.1, 0.15) is 16.4 Å². The minimum atomic E-state index is -0.928. The van der Waals surface area contributed by atoms with Crippen LogP contribution >= 0.6 is 11.8 Å². The van der Waals surface area contributed by atoms with E-state index in [1.165, 1.54) is 12.8 Å². The minimum absolute atomic E-state index is 0.271. The van der Waals surface area contributed by atoms with Crippen molar-refractivity contribution in [3.8, 4) is 0 Å². The van der Waals surface area contributed by atoms with Gasteiger partial charge in [-0.2, -0.15) is 0 Å². The lowest BCUT2D eigenvalue weighted by atomic mass is 10.2. The number of aryl methyl sites for hydroxylation is 2. The van der Waals surface area contributed by atoms with Crippen molar-refractivity contribution < 1.29 is 9.90 Å². The van der Waals surface area contributed by atoms with E-state index in [1.54, 1.807) is 25.6 Å². The molecule has 0 unspecified atom stereocenters. The van der Waals surface area contributed by atoms with E-state index in [1.807, 2.05) is 0 Å². The maximum atomic E-state index is 11.2. The van der Waals surface area contributed by atoms with Gasteiger partial charge in [0.2, 0.25) is 0 Å². The molecule has 0 aliphatic heterocycles. The number of nitrogens with zero attached hydrogens (tertiary/aromatic N) is 2. The van der Waals surface area contributed by atoms with Crippen LogP contribution in [-0.2, 0) is 0 Å². The Morgan fingerprint density at radius 1 is 1.29 bits per heavy atom. The minimum Gasteiger partial charge on any atom is -0.478 e. The monoisotopic (exact) mass is 252 g/mol. The first-order valence-corrected chi connectivity index (χ1v) is 6.71. The SMILES string of the molecule is Cc1nc(C)c(C(=O)O)c(SC2CCCC2)n1. The second-order valence-corrected chi connectivity index (χ2v) is 5.65. The quantitative estimate of drug-likeness (QED) is 0.838. The second kappa shape index (κ2) is 5.04. The molecule has 1 heterocycles. The van der Waals surface area contributed by atoms with Crippen molar-refractivity contribution in [3.05, 3.63) is 17.1 Å². The summed E-state index contributed by atoms with van der Waals surface area (Å²) in [5.74, 6) is -0.281. The number of carboxylic acids is 1. The molecule has 0 spiro atoms. The summed E-state index contributed by atoms with van der Waals surface area (Å²) < 4.78 is 0. The van der Waals surface area contributed by atoms with Gasteiger partial charge < -0.3 is 5.11 Å². The molecular weight excluding hydrogens is 236 g/mol. The summed E-state index contributed by atoms with van der Waals surface area (Å²) >= 11 is 1.60. The molecule has 0 saturated heterocycles. The summed E-state index contributed by atoms with van der Waals surface area (Å²) in [6.45, 7) is 3.54. The molecule has 1 aromatic heterocycles. The van der Waals surface area contributed by atoms with Gasteiger partial charge in [0.25, 0.3) is 0 Å². The first-order valence-electron chi connectivity index (χ1n) is 5.83. The first-order chi connectivity index (χ1) is 8.08. The maximum absolute atomic E-state index is 11.2. The Kier molecular flexibility index (Phi) is 3.66. The van der Waals surface area contributed by atoms with Crippen LogP contribution in [0, 0.1) is 13.8 Å². The van der Waals surface area contributed by atoms with Gasteiger partial charge in [0.15, 0.2) is 0 Å². The molecule has 1 N–H and O–H groups in total. The van der Waals surface area contributed by atoms with E-state index in [-0.39, 0.29) is 5.56 Å². The van der Waals surface area contributed by atoms with Crippen LogP contribution in [0.1, 0.15) is 47.6 Å². The van der Waals surface area contributed by atoms with Gasteiger partial charge in [-0.05, 0) is 26.7 Å². The van der Waals surface area contributed by atoms with Gasteiger partial charge in [-0.1, -0.05) is 12.8 Å². The summed E-state index contributed by atoms with van der Waals surface area (Å²) in [4.78, 5) is 19.6. The molecule has 0 radical (unpaired) electrons. The molecule has 0 aromatic carbocycles. The number of thioether (sulfide) groups is 1. The number of aromatic nitrogens is 2. The zero-order valence-electron chi connectivity index (χ0n) is 10.1. The fourth-order valence-electron chi connectivity index (χ4n) is 2.18. The van der Waals surface area contributed by atoms with Gasteiger partial charge in [0.05, 0.1) is 5.69 Å². The summed E-state index contributed by atoms with van der Waals surface area (Å²) in [5, 5.41) is 10.4. The normalized spacial score (nSPS) is 16.4. The highest BCUT2D eigenvalue weighted by molar-refractivity contribution is 7.99. The topological polar surface area (TPSA) is 63.1 Å². The molecule has 5 heteroatoms. The summed E-state index contributed by atoms with van der Waals surface area (Å²) in [6.07, 6.45) is 4.80. The van der Waals surface area contributed by atoms with Crippen LogP contribution in [0.5, 0.6) is 0 Å². The van der Waals surface area contributed by atoms with Crippen LogP contribution in [-0.4, -0.2) is 26.3 Å². The number of hydrogen-bond acceptors (Lipinski definition) is 4. The van der Waals surface area contributed by atoms with Crippen molar-refractivity contribution in [1.29, 1.82) is 0 Å². The fourth-order valence-corrected chi connectivity index (χ4v) is 3.60. The fraction of sp³-hybridized carbons (Fsp3) is 0.583. The lowest BCUT2D eigenvalue weighted by molar-refractivity contribution is 0.0690. The van der Waals surface area contributed by atoms with Gasteiger partial charge in [0, 0.05) is 5.25 Å². The van der Waals surface area contributed by atoms with Crippen LogP contribution in [0.25, 0.3) is 0 Å². The third kappa shape index (κ3) is 2.77. The van der Waals surface area contributed by atoms with Gasteiger partial charge in [-0.15, -0.1) is 11.8 Å². The Balaban J connectivity index is 2.32. The van der Waals surface area contributed by atoms with Gasteiger partial charge in [-0.3, -0.25) is 0 Å². The lowest BCUT2D eigenvalue weighted by Gasteiger charge is -2.12. The van der Waals surface area contributed by atoms with Crippen molar-refractivity contribution >= 4 is 17.7 Å². The molecule has 0 atom stereocenters. The van der Waals surface area contributed by atoms with E-state index in [0.29, 0.717) is 21.8 Å². The molecule has 0 bridgehead atoms.